The van der Waals surface area contributed by atoms with Crippen LogP contribution in [0.25, 0.3) is 0 Å². The molecule has 0 aliphatic carbocycles. The van der Waals surface area contributed by atoms with E-state index in [0.29, 0.717) is 17.5 Å². The molecule has 1 fully saturated rings. The monoisotopic (exact) mass is 331 g/mol. The number of hydrogen-bond donors (Lipinski definition) is 2. The smallest absolute Gasteiger partial charge is 0.175 e. The van der Waals surface area contributed by atoms with Gasteiger partial charge in [0.05, 0.1) is 10.6 Å². The van der Waals surface area contributed by atoms with Crippen LogP contribution in [0.4, 0.5) is 5.82 Å². The van der Waals surface area contributed by atoms with Crippen LogP contribution in [0.3, 0.4) is 0 Å². The fourth-order valence-corrected chi connectivity index (χ4v) is 3.36. The summed E-state index contributed by atoms with van der Waals surface area (Å²) in [5.74, 6) is 0.836. The molecule has 1 aromatic heterocycles. The molecule has 1 aliphatic rings. The molecular weight excluding hydrogens is 310 g/mol. The Hall–Kier alpha value is -1.92. The molecule has 5 nitrogen and oxygen atoms in total. The molecule has 122 valence electrons. The molecule has 1 saturated heterocycles. The maximum Gasteiger partial charge on any atom is 0.175 e. The maximum absolute atomic E-state index is 11.5. The van der Waals surface area contributed by atoms with Gasteiger partial charge in [-0.1, -0.05) is 18.2 Å². The van der Waals surface area contributed by atoms with Gasteiger partial charge in [0.15, 0.2) is 9.84 Å². The SMILES string of the molecule is CS(=O)(=O)c1ccc(CNc2cccc(C3CCCN3)n2)cc1. The number of benzene rings is 1. The Balaban J connectivity index is 1.65. The first kappa shape index (κ1) is 16.0. The summed E-state index contributed by atoms with van der Waals surface area (Å²) in [6.07, 6.45) is 3.53. The summed E-state index contributed by atoms with van der Waals surface area (Å²) >= 11 is 0. The molecule has 3 rings (SSSR count). The minimum absolute atomic E-state index is 0.341. The Morgan fingerprint density at radius 1 is 1.22 bits per heavy atom. The van der Waals surface area contributed by atoms with Crippen molar-refractivity contribution in [3.63, 3.8) is 0 Å². The number of nitrogens with zero attached hydrogens (tertiary/aromatic N) is 1. The average molecular weight is 331 g/mol. The second kappa shape index (κ2) is 6.68. The zero-order valence-electron chi connectivity index (χ0n) is 13.1. The summed E-state index contributed by atoms with van der Waals surface area (Å²) in [6.45, 7) is 1.66. The van der Waals surface area contributed by atoms with E-state index in [9.17, 15) is 8.42 Å². The highest BCUT2D eigenvalue weighted by molar-refractivity contribution is 7.90. The molecule has 0 bridgehead atoms. The van der Waals surface area contributed by atoms with Gasteiger partial charge < -0.3 is 10.6 Å². The topological polar surface area (TPSA) is 71.1 Å². The average Bonchev–Trinajstić information content (AvgIpc) is 3.07. The fourth-order valence-electron chi connectivity index (χ4n) is 2.73. The van der Waals surface area contributed by atoms with E-state index in [1.165, 1.54) is 12.7 Å². The van der Waals surface area contributed by atoms with Crippen molar-refractivity contribution in [2.75, 3.05) is 18.1 Å². The first-order chi connectivity index (χ1) is 11.0. The van der Waals surface area contributed by atoms with E-state index in [1.54, 1.807) is 12.1 Å². The van der Waals surface area contributed by atoms with Crippen LogP contribution >= 0.6 is 0 Å². The Morgan fingerprint density at radius 3 is 2.65 bits per heavy atom. The number of hydrogen-bond acceptors (Lipinski definition) is 5. The van der Waals surface area contributed by atoms with Crippen LogP contribution in [0.15, 0.2) is 47.4 Å². The Labute approximate surface area is 137 Å². The first-order valence-electron chi connectivity index (χ1n) is 7.75. The third-order valence-electron chi connectivity index (χ3n) is 4.01. The number of sulfone groups is 1. The summed E-state index contributed by atoms with van der Waals surface area (Å²) < 4.78 is 22.9. The van der Waals surface area contributed by atoms with Crippen LogP contribution in [0.1, 0.15) is 30.1 Å². The molecule has 1 atom stereocenters. The molecule has 23 heavy (non-hydrogen) atoms. The minimum Gasteiger partial charge on any atom is -0.366 e. The lowest BCUT2D eigenvalue weighted by atomic mass is 10.1. The molecule has 0 saturated carbocycles. The van der Waals surface area contributed by atoms with E-state index in [-0.39, 0.29) is 0 Å². The van der Waals surface area contributed by atoms with Crippen molar-refractivity contribution in [3.8, 4) is 0 Å². The molecule has 2 aromatic rings. The second-order valence-corrected chi connectivity index (χ2v) is 7.88. The van der Waals surface area contributed by atoms with Gasteiger partial charge in [0.25, 0.3) is 0 Å². The highest BCUT2D eigenvalue weighted by Gasteiger charge is 2.17. The molecule has 2 N–H and O–H groups in total. The normalized spacial score (nSPS) is 18.0. The van der Waals surface area contributed by atoms with Gasteiger partial charge in [-0.3, -0.25) is 0 Å². The zero-order chi connectivity index (χ0) is 16.3. The number of nitrogens with one attached hydrogen (secondary N) is 2. The molecule has 1 unspecified atom stereocenters. The van der Waals surface area contributed by atoms with Crippen LogP contribution < -0.4 is 10.6 Å². The Morgan fingerprint density at radius 2 is 2.00 bits per heavy atom. The van der Waals surface area contributed by atoms with Crippen molar-refractivity contribution >= 4 is 15.7 Å². The number of aromatic nitrogens is 1. The van der Waals surface area contributed by atoms with Crippen LogP contribution in [-0.4, -0.2) is 26.2 Å². The Bertz CT molecular complexity index is 767. The van der Waals surface area contributed by atoms with Gasteiger partial charge in [0, 0.05) is 18.8 Å². The van der Waals surface area contributed by atoms with E-state index < -0.39 is 9.84 Å². The summed E-state index contributed by atoms with van der Waals surface area (Å²) in [4.78, 5) is 5.00. The third-order valence-corrected chi connectivity index (χ3v) is 5.14. The van der Waals surface area contributed by atoms with Gasteiger partial charge in [-0.2, -0.15) is 0 Å². The van der Waals surface area contributed by atoms with Crippen molar-refractivity contribution in [3.05, 3.63) is 53.7 Å². The third kappa shape index (κ3) is 4.09. The summed E-state index contributed by atoms with van der Waals surface area (Å²) in [5.41, 5.74) is 2.09. The molecule has 1 aliphatic heterocycles. The highest BCUT2D eigenvalue weighted by atomic mass is 32.2. The molecule has 2 heterocycles. The van der Waals surface area contributed by atoms with Gasteiger partial charge in [-0.15, -0.1) is 0 Å². The highest BCUT2D eigenvalue weighted by Crippen LogP contribution is 2.22. The molecule has 0 amide bonds. The van der Waals surface area contributed by atoms with E-state index >= 15 is 0 Å². The van der Waals surface area contributed by atoms with Gasteiger partial charge >= 0.3 is 0 Å². The van der Waals surface area contributed by atoms with Crippen molar-refractivity contribution < 1.29 is 8.42 Å². The summed E-state index contributed by atoms with van der Waals surface area (Å²) in [7, 11) is -3.14. The predicted octanol–water partition coefficient (Wildman–Crippen LogP) is 2.52. The second-order valence-electron chi connectivity index (χ2n) is 5.87. The lowest BCUT2D eigenvalue weighted by Gasteiger charge is -2.12. The molecule has 0 radical (unpaired) electrons. The first-order valence-corrected chi connectivity index (χ1v) is 9.65. The van der Waals surface area contributed by atoms with Crippen molar-refractivity contribution in [2.24, 2.45) is 0 Å². The van der Waals surface area contributed by atoms with Crippen molar-refractivity contribution in [1.29, 1.82) is 0 Å². The summed E-state index contributed by atoms with van der Waals surface area (Å²) in [6, 6.07) is 13.3. The largest absolute Gasteiger partial charge is 0.366 e. The van der Waals surface area contributed by atoms with Crippen LogP contribution in [0.2, 0.25) is 0 Å². The standard InChI is InChI=1S/C17H21N3O2S/c1-23(21,22)14-9-7-13(8-10-14)12-19-17-6-2-4-16(20-17)15-5-3-11-18-15/h2,4,6-10,15,18H,3,5,11-12H2,1H3,(H,19,20). The van der Waals surface area contributed by atoms with Crippen molar-refractivity contribution in [1.82, 2.24) is 10.3 Å². The number of anilines is 1. The lowest BCUT2D eigenvalue weighted by molar-refractivity contribution is 0.602. The predicted molar refractivity (Wildman–Crippen MR) is 91.1 cm³/mol. The molecule has 6 heteroatoms. The van der Waals surface area contributed by atoms with Gasteiger partial charge in [0.2, 0.25) is 0 Å². The minimum atomic E-state index is -3.14. The van der Waals surface area contributed by atoms with Crippen LogP contribution in [0, 0.1) is 0 Å². The number of rotatable bonds is 5. The van der Waals surface area contributed by atoms with E-state index in [1.807, 2.05) is 24.3 Å². The quantitative estimate of drug-likeness (QED) is 0.881. The van der Waals surface area contributed by atoms with E-state index in [0.717, 1.165) is 30.0 Å². The maximum atomic E-state index is 11.5. The van der Waals surface area contributed by atoms with Crippen LogP contribution in [-0.2, 0) is 16.4 Å². The van der Waals surface area contributed by atoms with E-state index in [4.69, 9.17) is 0 Å². The van der Waals surface area contributed by atoms with Gasteiger partial charge in [-0.05, 0) is 49.2 Å². The van der Waals surface area contributed by atoms with Gasteiger partial charge in [-0.25, -0.2) is 13.4 Å². The lowest BCUT2D eigenvalue weighted by Crippen LogP contribution is -2.14. The number of pyridine rings is 1. The molecule has 0 spiro atoms. The Kier molecular flexibility index (Phi) is 4.63. The van der Waals surface area contributed by atoms with Crippen LogP contribution in [0.5, 0.6) is 0 Å². The molecule has 1 aromatic carbocycles. The fraction of sp³-hybridized carbons (Fsp3) is 0.353. The van der Waals surface area contributed by atoms with Gasteiger partial charge in [0.1, 0.15) is 5.82 Å². The van der Waals surface area contributed by atoms with Crippen molar-refractivity contribution in [2.45, 2.75) is 30.3 Å². The molecular formula is C17H21N3O2S. The summed E-state index contributed by atoms with van der Waals surface area (Å²) in [5, 5.41) is 6.74. The van der Waals surface area contributed by atoms with E-state index in [2.05, 4.69) is 21.7 Å². The zero-order valence-corrected chi connectivity index (χ0v) is 13.9.